The zero-order valence-corrected chi connectivity index (χ0v) is 17.5. The number of Topliss-reactive ketones (excluding diaryl/α,β-unsaturated/α-hetero) is 1. The molecule has 1 saturated heterocycles. The fraction of sp³-hybridized carbons (Fsp3) is 0.304. The van der Waals surface area contributed by atoms with Gasteiger partial charge in [-0.05, 0) is 19.1 Å². The number of rotatable bonds is 7. The van der Waals surface area contributed by atoms with E-state index in [4.69, 9.17) is 14.2 Å². The number of hydrogen-bond acceptors (Lipinski definition) is 6. The lowest BCUT2D eigenvalue weighted by Crippen LogP contribution is -2.32. The Morgan fingerprint density at radius 3 is 2.33 bits per heavy atom. The van der Waals surface area contributed by atoms with E-state index in [1.165, 1.54) is 26.2 Å². The molecule has 2 aromatic rings. The average molecular weight is 411 g/mol. The molecule has 0 aliphatic carbocycles. The Morgan fingerprint density at radius 2 is 1.73 bits per heavy atom. The molecule has 1 fully saturated rings. The molecule has 1 heterocycles. The number of nitrogens with zero attached hydrogens (tertiary/aromatic N) is 1. The van der Waals surface area contributed by atoms with Crippen molar-refractivity contribution in [3.8, 4) is 11.5 Å². The number of amides is 1. The number of likely N-dealkylation sites (tertiary alicyclic amines) is 1. The minimum atomic E-state index is -0.817. The van der Waals surface area contributed by atoms with Gasteiger partial charge >= 0.3 is 0 Å². The van der Waals surface area contributed by atoms with Gasteiger partial charge in [0, 0.05) is 30.8 Å². The number of hydrogen-bond donors (Lipinski definition) is 1. The first-order valence-electron chi connectivity index (χ1n) is 9.49. The largest absolute Gasteiger partial charge is 0.507 e. The maximum absolute atomic E-state index is 13.0. The lowest BCUT2D eigenvalue weighted by molar-refractivity contribution is -0.140. The fourth-order valence-corrected chi connectivity index (χ4v) is 3.53. The van der Waals surface area contributed by atoms with Gasteiger partial charge in [0.1, 0.15) is 17.3 Å². The van der Waals surface area contributed by atoms with Gasteiger partial charge in [0.15, 0.2) is 0 Å². The van der Waals surface area contributed by atoms with Crippen molar-refractivity contribution >= 4 is 17.4 Å². The van der Waals surface area contributed by atoms with Crippen LogP contribution in [-0.4, -0.2) is 56.2 Å². The first kappa shape index (κ1) is 21.4. The van der Waals surface area contributed by atoms with Gasteiger partial charge in [0.2, 0.25) is 0 Å². The summed E-state index contributed by atoms with van der Waals surface area (Å²) in [7, 11) is 4.56. The summed E-state index contributed by atoms with van der Waals surface area (Å²) in [6.07, 6.45) is 0. The number of ketones is 1. The van der Waals surface area contributed by atoms with Crippen molar-refractivity contribution in [1.29, 1.82) is 0 Å². The van der Waals surface area contributed by atoms with Crippen LogP contribution in [-0.2, 0) is 14.3 Å². The lowest BCUT2D eigenvalue weighted by atomic mass is 9.94. The molecule has 7 heteroatoms. The van der Waals surface area contributed by atoms with Gasteiger partial charge in [-0.15, -0.1) is 0 Å². The van der Waals surface area contributed by atoms with E-state index < -0.39 is 17.7 Å². The van der Waals surface area contributed by atoms with E-state index in [0.717, 1.165) is 5.56 Å². The monoisotopic (exact) mass is 411 g/mol. The number of carbonyl (C=O) groups is 2. The molecule has 30 heavy (non-hydrogen) atoms. The number of aliphatic hydroxyl groups is 1. The Balaban J connectivity index is 2.21. The molecule has 2 aromatic carbocycles. The SMILES string of the molecule is COCCN1C(=O)C(=O)C(=C(O)c2ccc(C)cc2)[C@@H]1c1ccc(OC)cc1OC. The smallest absolute Gasteiger partial charge is 0.295 e. The van der Waals surface area contributed by atoms with Crippen LogP contribution < -0.4 is 9.47 Å². The van der Waals surface area contributed by atoms with Gasteiger partial charge in [-0.2, -0.15) is 0 Å². The molecule has 1 amide bonds. The van der Waals surface area contributed by atoms with Crippen molar-refractivity contribution in [2.45, 2.75) is 13.0 Å². The summed E-state index contributed by atoms with van der Waals surface area (Å²) in [5.41, 5.74) is 2.06. The number of aliphatic hydroxyl groups excluding tert-OH is 1. The Labute approximate surface area is 175 Å². The predicted molar refractivity (Wildman–Crippen MR) is 112 cm³/mol. The number of aryl methyl sites for hydroxylation is 1. The average Bonchev–Trinajstić information content (AvgIpc) is 3.01. The highest BCUT2D eigenvalue weighted by molar-refractivity contribution is 6.46. The topological polar surface area (TPSA) is 85.3 Å². The highest BCUT2D eigenvalue weighted by Gasteiger charge is 2.46. The molecule has 3 rings (SSSR count). The zero-order valence-electron chi connectivity index (χ0n) is 17.5. The van der Waals surface area contributed by atoms with Crippen molar-refractivity contribution < 1.29 is 28.9 Å². The molecule has 1 N–H and O–H groups in total. The third-order valence-corrected chi connectivity index (χ3v) is 5.14. The summed E-state index contributed by atoms with van der Waals surface area (Å²) in [6.45, 7) is 2.36. The quantitative estimate of drug-likeness (QED) is 0.428. The van der Waals surface area contributed by atoms with Crippen LogP contribution in [0.5, 0.6) is 11.5 Å². The second kappa shape index (κ2) is 9.00. The Kier molecular flexibility index (Phi) is 6.42. The van der Waals surface area contributed by atoms with E-state index in [9.17, 15) is 14.7 Å². The van der Waals surface area contributed by atoms with E-state index in [1.54, 1.807) is 30.3 Å². The van der Waals surface area contributed by atoms with E-state index >= 15 is 0 Å². The molecule has 1 atom stereocenters. The van der Waals surface area contributed by atoms with Gasteiger partial charge in [-0.3, -0.25) is 9.59 Å². The van der Waals surface area contributed by atoms with Gasteiger partial charge in [-0.1, -0.05) is 29.8 Å². The van der Waals surface area contributed by atoms with Crippen molar-refractivity contribution in [3.05, 3.63) is 64.7 Å². The van der Waals surface area contributed by atoms with Crippen LogP contribution in [0.3, 0.4) is 0 Å². The maximum atomic E-state index is 13.0. The molecule has 0 unspecified atom stereocenters. The maximum Gasteiger partial charge on any atom is 0.295 e. The highest BCUT2D eigenvalue weighted by Crippen LogP contribution is 2.43. The molecule has 1 aliphatic rings. The van der Waals surface area contributed by atoms with Crippen LogP contribution in [0, 0.1) is 6.92 Å². The van der Waals surface area contributed by atoms with Crippen LogP contribution in [0.2, 0.25) is 0 Å². The first-order valence-corrected chi connectivity index (χ1v) is 9.49. The van der Waals surface area contributed by atoms with Gasteiger partial charge in [-0.25, -0.2) is 0 Å². The molecule has 0 saturated carbocycles. The molecule has 158 valence electrons. The third kappa shape index (κ3) is 3.89. The third-order valence-electron chi connectivity index (χ3n) is 5.14. The van der Waals surface area contributed by atoms with Crippen molar-refractivity contribution in [1.82, 2.24) is 4.90 Å². The Bertz CT molecular complexity index is 980. The number of carbonyl (C=O) groups excluding carboxylic acids is 2. The van der Waals surface area contributed by atoms with E-state index in [1.807, 2.05) is 19.1 Å². The standard InChI is InChI=1S/C23H25NO6/c1-14-5-7-15(8-6-14)21(25)19-20(24(11-12-28-2)23(27)22(19)26)17-10-9-16(29-3)13-18(17)30-4/h5-10,13,20,25H,11-12H2,1-4H3/t20-/m0/s1. The van der Waals surface area contributed by atoms with Crippen LogP contribution in [0.4, 0.5) is 0 Å². The predicted octanol–water partition coefficient (Wildman–Crippen LogP) is 3.08. The summed E-state index contributed by atoms with van der Waals surface area (Å²) in [4.78, 5) is 27.2. The summed E-state index contributed by atoms with van der Waals surface area (Å²) in [5.74, 6) is -0.645. The first-order chi connectivity index (χ1) is 14.4. The lowest BCUT2D eigenvalue weighted by Gasteiger charge is -2.26. The summed E-state index contributed by atoms with van der Waals surface area (Å²) in [6, 6.07) is 11.4. The number of ether oxygens (including phenoxy) is 3. The minimum absolute atomic E-state index is 0.0171. The van der Waals surface area contributed by atoms with Gasteiger partial charge in [0.05, 0.1) is 32.4 Å². The number of methoxy groups -OCH3 is 3. The molecule has 1 aliphatic heterocycles. The van der Waals surface area contributed by atoms with Crippen LogP contribution in [0.15, 0.2) is 48.0 Å². The molecule has 7 nitrogen and oxygen atoms in total. The van der Waals surface area contributed by atoms with Crippen LogP contribution >= 0.6 is 0 Å². The molecular weight excluding hydrogens is 386 g/mol. The normalized spacial score (nSPS) is 18.0. The Hall–Kier alpha value is -3.32. The summed E-state index contributed by atoms with van der Waals surface area (Å²) in [5, 5.41) is 11.0. The molecule has 0 spiro atoms. The second-order valence-corrected chi connectivity index (χ2v) is 6.96. The van der Waals surface area contributed by atoms with E-state index in [0.29, 0.717) is 22.6 Å². The van der Waals surface area contributed by atoms with Gasteiger partial charge < -0.3 is 24.2 Å². The number of benzene rings is 2. The molecular formula is C23H25NO6. The summed E-state index contributed by atoms with van der Waals surface area (Å²) < 4.78 is 15.9. The van der Waals surface area contributed by atoms with Crippen LogP contribution in [0.1, 0.15) is 22.7 Å². The van der Waals surface area contributed by atoms with Crippen LogP contribution in [0.25, 0.3) is 5.76 Å². The highest BCUT2D eigenvalue weighted by atomic mass is 16.5. The van der Waals surface area contributed by atoms with Gasteiger partial charge in [0.25, 0.3) is 11.7 Å². The molecule has 0 aromatic heterocycles. The van der Waals surface area contributed by atoms with Crippen molar-refractivity contribution in [2.24, 2.45) is 0 Å². The van der Waals surface area contributed by atoms with E-state index in [2.05, 4.69) is 0 Å². The van der Waals surface area contributed by atoms with Crippen molar-refractivity contribution in [2.75, 3.05) is 34.5 Å². The zero-order chi connectivity index (χ0) is 21.8. The fourth-order valence-electron chi connectivity index (χ4n) is 3.53. The minimum Gasteiger partial charge on any atom is -0.507 e. The second-order valence-electron chi connectivity index (χ2n) is 6.96. The van der Waals surface area contributed by atoms with E-state index in [-0.39, 0.29) is 24.5 Å². The molecule has 0 radical (unpaired) electrons. The van der Waals surface area contributed by atoms with Crippen molar-refractivity contribution in [3.63, 3.8) is 0 Å². The summed E-state index contributed by atoms with van der Waals surface area (Å²) >= 11 is 0. The molecule has 0 bridgehead atoms. The Morgan fingerprint density at radius 1 is 1.03 bits per heavy atom.